The van der Waals surface area contributed by atoms with Crippen LogP contribution in [0.2, 0.25) is 0 Å². The van der Waals surface area contributed by atoms with Crippen molar-refractivity contribution >= 4 is 29.2 Å². The first-order chi connectivity index (χ1) is 8.67. The predicted octanol–water partition coefficient (Wildman–Crippen LogP) is 1.67. The van der Waals surface area contributed by atoms with E-state index < -0.39 is 5.97 Å². The Kier molecular flexibility index (Phi) is 6.18. The monoisotopic (exact) mass is 271 g/mol. The predicted molar refractivity (Wildman–Crippen MR) is 68.0 cm³/mol. The Morgan fingerprint density at radius 1 is 1.28 bits per heavy atom. The van der Waals surface area contributed by atoms with Crippen molar-refractivity contribution in [2.45, 2.75) is 0 Å². The molecule has 1 aromatic carbocycles. The molecule has 0 saturated heterocycles. The third-order valence-corrected chi connectivity index (χ3v) is 2.20. The van der Waals surface area contributed by atoms with Crippen molar-refractivity contribution in [3.8, 4) is 0 Å². The van der Waals surface area contributed by atoms with Gasteiger partial charge in [0.05, 0.1) is 19.3 Å². The molecule has 1 rings (SSSR count). The standard InChI is InChI=1S/C12H14ClNO4/c1-17-12(16)9-2-4-10(5-3-9)14-11(15)8-18-7-6-13/h2-5H,6-8H2,1H3,(H,14,15). The van der Waals surface area contributed by atoms with Gasteiger partial charge in [0, 0.05) is 11.6 Å². The van der Waals surface area contributed by atoms with Crippen LogP contribution in [0.3, 0.4) is 0 Å². The van der Waals surface area contributed by atoms with Gasteiger partial charge in [-0.3, -0.25) is 4.79 Å². The number of hydrogen-bond acceptors (Lipinski definition) is 4. The van der Waals surface area contributed by atoms with Gasteiger partial charge in [-0.2, -0.15) is 0 Å². The number of methoxy groups -OCH3 is 1. The van der Waals surface area contributed by atoms with Gasteiger partial charge in [-0.15, -0.1) is 11.6 Å². The number of ether oxygens (including phenoxy) is 2. The maximum atomic E-state index is 11.4. The normalized spacial score (nSPS) is 9.89. The van der Waals surface area contributed by atoms with Crippen molar-refractivity contribution in [2.24, 2.45) is 0 Å². The minimum Gasteiger partial charge on any atom is -0.465 e. The summed E-state index contributed by atoms with van der Waals surface area (Å²) in [6.45, 7) is 0.279. The average molecular weight is 272 g/mol. The third-order valence-electron chi connectivity index (χ3n) is 2.04. The highest BCUT2D eigenvalue weighted by molar-refractivity contribution is 6.18. The number of alkyl halides is 1. The second kappa shape index (κ2) is 7.68. The van der Waals surface area contributed by atoms with Crippen LogP contribution in [0.25, 0.3) is 0 Å². The Labute approximate surface area is 110 Å². The van der Waals surface area contributed by atoms with Crippen LogP contribution in [-0.4, -0.2) is 38.1 Å². The number of carbonyl (C=O) groups is 2. The Balaban J connectivity index is 2.48. The summed E-state index contributed by atoms with van der Waals surface area (Å²) >= 11 is 5.41. The number of nitrogens with one attached hydrogen (secondary N) is 1. The lowest BCUT2D eigenvalue weighted by Crippen LogP contribution is -2.19. The Morgan fingerprint density at radius 2 is 1.94 bits per heavy atom. The molecule has 1 N–H and O–H groups in total. The Hall–Kier alpha value is -1.59. The van der Waals surface area contributed by atoms with Gasteiger partial charge in [-0.25, -0.2) is 4.79 Å². The molecule has 0 fully saturated rings. The second-order valence-electron chi connectivity index (χ2n) is 3.36. The zero-order valence-electron chi connectivity index (χ0n) is 9.94. The summed E-state index contributed by atoms with van der Waals surface area (Å²) in [5.41, 5.74) is 1.01. The highest BCUT2D eigenvalue weighted by Crippen LogP contribution is 2.10. The van der Waals surface area contributed by atoms with E-state index in [0.717, 1.165) is 0 Å². The zero-order valence-corrected chi connectivity index (χ0v) is 10.7. The van der Waals surface area contributed by atoms with Crippen molar-refractivity contribution in [3.05, 3.63) is 29.8 Å². The van der Waals surface area contributed by atoms with Gasteiger partial charge in [-0.1, -0.05) is 0 Å². The molecule has 0 aliphatic rings. The molecular weight excluding hydrogens is 258 g/mol. The molecule has 0 unspecified atom stereocenters. The van der Waals surface area contributed by atoms with Gasteiger partial charge in [0.1, 0.15) is 6.61 Å². The first kappa shape index (κ1) is 14.5. The smallest absolute Gasteiger partial charge is 0.337 e. The SMILES string of the molecule is COC(=O)c1ccc(NC(=O)COCCCl)cc1. The van der Waals surface area contributed by atoms with Gasteiger partial charge < -0.3 is 14.8 Å². The molecule has 18 heavy (non-hydrogen) atoms. The third kappa shape index (κ3) is 4.73. The fourth-order valence-electron chi connectivity index (χ4n) is 1.22. The van der Waals surface area contributed by atoms with Crippen LogP contribution >= 0.6 is 11.6 Å². The van der Waals surface area contributed by atoms with E-state index in [9.17, 15) is 9.59 Å². The molecular formula is C12H14ClNO4. The fraction of sp³-hybridized carbons (Fsp3) is 0.333. The zero-order chi connectivity index (χ0) is 13.4. The number of carbonyl (C=O) groups excluding carboxylic acids is 2. The lowest BCUT2D eigenvalue weighted by molar-refractivity contribution is -0.120. The number of benzene rings is 1. The number of esters is 1. The van der Waals surface area contributed by atoms with Gasteiger partial charge >= 0.3 is 5.97 Å². The summed E-state index contributed by atoms with van der Waals surface area (Å²) in [6, 6.07) is 6.37. The molecule has 98 valence electrons. The van der Waals surface area contributed by atoms with E-state index in [0.29, 0.717) is 23.7 Å². The highest BCUT2D eigenvalue weighted by atomic mass is 35.5. The van der Waals surface area contributed by atoms with E-state index in [2.05, 4.69) is 10.1 Å². The van der Waals surface area contributed by atoms with Crippen molar-refractivity contribution < 1.29 is 19.1 Å². The molecule has 0 spiro atoms. The van der Waals surface area contributed by atoms with E-state index in [4.69, 9.17) is 16.3 Å². The quantitative estimate of drug-likeness (QED) is 0.486. The lowest BCUT2D eigenvalue weighted by atomic mass is 10.2. The van der Waals surface area contributed by atoms with Crippen LogP contribution in [0.4, 0.5) is 5.69 Å². The van der Waals surface area contributed by atoms with Crippen molar-refractivity contribution in [1.29, 1.82) is 0 Å². The molecule has 0 bridgehead atoms. The van der Waals surface area contributed by atoms with E-state index in [1.807, 2.05) is 0 Å². The highest BCUT2D eigenvalue weighted by Gasteiger charge is 2.06. The summed E-state index contributed by atoms with van der Waals surface area (Å²) in [6.07, 6.45) is 0. The van der Waals surface area contributed by atoms with E-state index in [1.54, 1.807) is 24.3 Å². The first-order valence-electron chi connectivity index (χ1n) is 5.29. The van der Waals surface area contributed by atoms with Crippen molar-refractivity contribution in [2.75, 3.05) is 31.5 Å². The van der Waals surface area contributed by atoms with Crippen LogP contribution in [0.5, 0.6) is 0 Å². The molecule has 1 amide bonds. The van der Waals surface area contributed by atoms with Crippen LogP contribution in [0.15, 0.2) is 24.3 Å². The molecule has 0 saturated carbocycles. The minimum atomic E-state index is -0.418. The number of hydrogen-bond donors (Lipinski definition) is 1. The molecule has 1 aromatic rings. The molecule has 0 heterocycles. The first-order valence-corrected chi connectivity index (χ1v) is 5.82. The van der Waals surface area contributed by atoms with E-state index in [1.165, 1.54) is 7.11 Å². The second-order valence-corrected chi connectivity index (χ2v) is 3.74. The fourth-order valence-corrected chi connectivity index (χ4v) is 1.33. The van der Waals surface area contributed by atoms with Crippen molar-refractivity contribution in [1.82, 2.24) is 0 Å². The van der Waals surface area contributed by atoms with E-state index >= 15 is 0 Å². The Morgan fingerprint density at radius 3 is 2.50 bits per heavy atom. The maximum Gasteiger partial charge on any atom is 0.337 e. The summed E-state index contributed by atoms with van der Waals surface area (Å²) in [7, 11) is 1.31. The summed E-state index contributed by atoms with van der Waals surface area (Å²) in [4.78, 5) is 22.6. The van der Waals surface area contributed by atoms with Crippen LogP contribution in [0, 0.1) is 0 Å². The molecule has 0 aliphatic heterocycles. The molecule has 0 radical (unpaired) electrons. The summed E-state index contributed by atoms with van der Waals surface area (Å²) in [5, 5.41) is 2.63. The maximum absolute atomic E-state index is 11.4. The van der Waals surface area contributed by atoms with Crippen LogP contribution < -0.4 is 5.32 Å². The van der Waals surface area contributed by atoms with Gasteiger partial charge in [0.15, 0.2) is 0 Å². The van der Waals surface area contributed by atoms with Gasteiger partial charge in [-0.05, 0) is 24.3 Å². The number of rotatable bonds is 6. The molecule has 0 aliphatic carbocycles. The van der Waals surface area contributed by atoms with Gasteiger partial charge in [0.2, 0.25) is 5.91 Å². The largest absolute Gasteiger partial charge is 0.465 e. The molecule has 5 nitrogen and oxygen atoms in total. The lowest BCUT2D eigenvalue weighted by Gasteiger charge is -2.06. The molecule has 6 heteroatoms. The Bertz CT molecular complexity index is 405. The summed E-state index contributed by atoms with van der Waals surface area (Å²) < 4.78 is 9.54. The molecule has 0 aromatic heterocycles. The molecule has 0 atom stereocenters. The van der Waals surface area contributed by atoms with Gasteiger partial charge in [0.25, 0.3) is 0 Å². The van der Waals surface area contributed by atoms with Crippen molar-refractivity contribution in [3.63, 3.8) is 0 Å². The topological polar surface area (TPSA) is 64.6 Å². The van der Waals surface area contributed by atoms with Crippen LogP contribution in [0.1, 0.15) is 10.4 Å². The minimum absolute atomic E-state index is 0.0501. The number of halogens is 1. The number of amides is 1. The average Bonchev–Trinajstić information content (AvgIpc) is 2.39. The summed E-state index contributed by atoms with van der Waals surface area (Å²) in [5.74, 6) is -0.342. The van der Waals surface area contributed by atoms with Crippen LogP contribution in [-0.2, 0) is 14.3 Å². The number of anilines is 1. The van der Waals surface area contributed by atoms with E-state index in [-0.39, 0.29) is 12.5 Å².